The first kappa shape index (κ1) is 15.2. The van der Waals surface area contributed by atoms with Crippen molar-refractivity contribution in [3.8, 4) is 0 Å². The minimum atomic E-state index is -3.70. The Balaban J connectivity index is 3.16. The summed E-state index contributed by atoms with van der Waals surface area (Å²) in [5.41, 5.74) is 5.68. The van der Waals surface area contributed by atoms with E-state index in [4.69, 9.17) is 10.9 Å². The van der Waals surface area contributed by atoms with Crippen LogP contribution in [0.5, 0.6) is 0 Å². The van der Waals surface area contributed by atoms with Crippen LogP contribution < -0.4 is 10.5 Å². The van der Waals surface area contributed by atoms with Crippen LogP contribution in [0.15, 0.2) is 11.4 Å². The molecule has 10 heteroatoms. The van der Waals surface area contributed by atoms with Crippen molar-refractivity contribution in [1.82, 2.24) is 14.1 Å². The maximum Gasteiger partial charge on any atom is 0.302 e. The van der Waals surface area contributed by atoms with E-state index in [1.807, 2.05) is 0 Å². The number of oxime groups is 1. The van der Waals surface area contributed by atoms with Gasteiger partial charge < -0.3 is 10.9 Å². The van der Waals surface area contributed by atoms with Crippen LogP contribution >= 0.6 is 0 Å². The van der Waals surface area contributed by atoms with Gasteiger partial charge in [-0.2, -0.15) is 17.8 Å². The number of hydrogen-bond acceptors (Lipinski definition) is 5. The van der Waals surface area contributed by atoms with Crippen molar-refractivity contribution in [1.29, 1.82) is 0 Å². The number of nitrogens with one attached hydrogen (secondary N) is 1. The number of amidine groups is 1. The van der Waals surface area contributed by atoms with Gasteiger partial charge in [-0.3, -0.25) is 9.40 Å². The molecule has 0 aromatic carbocycles. The third-order valence-electron chi connectivity index (χ3n) is 2.59. The second-order valence-corrected chi connectivity index (χ2v) is 5.38. The first-order valence-electron chi connectivity index (χ1n) is 5.65. The van der Waals surface area contributed by atoms with Gasteiger partial charge in [0, 0.05) is 20.1 Å². The number of aromatic nitrogens is 2. The highest BCUT2D eigenvalue weighted by atomic mass is 32.2. The molecule has 19 heavy (non-hydrogen) atoms. The number of hydrogen-bond donors (Lipinski definition) is 3. The SMILES string of the molecule is CCN(CC)S(=O)(=O)Nc1c(C(N)=NO)cnn1C. The minimum absolute atomic E-state index is 0.141. The lowest BCUT2D eigenvalue weighted by Gasteiger charge is -2.19. The van der Waals surface area contributed by atoms with Gasteiger partial charge in [0.2, 0.25) is 0 Å². The molecule has 0 bridgehead atoms. The highest BCUT2D eigenvalue weighted by Crippen LogP contribution is 2.16. The smallest absolute Gasteiger partial charge is 0.302 e. The maximum absolute atomic E-state index is 12.1. The number of anilines is 1. The molecule has 9 nitrogen and oxygen atoms in total. The molecule has 0 spiro atoms. The van der Waals surface area contributed by atoms with Crippen molar-refractivity contribution in [3.63, 3.8) is 0 Å². The fraction of sp³-hybridized carbons (Fsp3) is 0.556. The summed E-state index contributed by atoms with van der Waals surface area (Å²) >= 11 is 0. The molecule has 0 aliphatic heterocycles. The number of nitrogens with zero attached hydrogens (tertiary/aromatic N) is 4. The summed E-state index contributed by atoms with van der Waals surface area (Å²) in [6.07, 6.45) is 1.31. The second kappa shape index (κ2) is 5.89. The van der Waals surface area contributed by atoms with E-state index >= 15 is 0 Å². The van der Waals surface area contributed by atoms with E-state index in [-0.39, 0.29) is 17.2 Å². The molecule has 108 valence electrons. The number of nitrogens with two attached hydrogens (primary N) is 1. The molecule has 0 saturated heterocycles. The Morgan fingerprint density at radius 1 is 1.58 bits per heavy atom. The van der Waals surface area contributed by atoms with Gasteiger partial charge in [0.1, 0.15) is 5.82 Å². The first-order valence-corrected chi connectivity index (χ1v) is 7.09. The molecule has 0 radical (unpaired) electrons. The van der Waals surface area contributed by atoms with Crippen LogP contribution in [0, 0.1) is 0 Å². The van der Waals surface area contributed by atoms with Gasteiger partial charge in [0.05, 0.1) is 11.8 Å². The Labute approximate surface area is 111 Å². The lowest BCUT2D eigenvalue weighted by atomic mass is 10.3. The molecular weight excluding hydrogens is 272 g/mol. The van der Waals surface area contributed by atoms with E-state index in [0.29, 0.717) is 13.1 Å². The van der Waals surface area contributed by atoms with Crippen LogP contribution in [0.2, 0.25) is 0 Å². The van der Waals surface area contributed by atoms with Crippen LogP contribution in [0.25, 0.3) is 0 Å². The molecule has 1 rings (SSSR count). The summed E-state index contributed by atoms with van der Waals surface area (Å²) in [6, 6.07) is 0. The van der Waals surface area contributed by atoms with Crippen molar-refractivity contribution in [2.24, 2.45) is 17.9 Å². The van der Waals surface area contributed by atoms with Crippen molar-refractivity contribution >= 4 is 21.9 Å². The molecule has 0 fully saturated rings. The highest BCUT2D eigenvalue weighted by molar-refractivity contribution is 7.90. The summed E-state index contributed by atoms with van der Waals surface area (Å²) in [5.74, 6) is -0.0763. The number of aryl methyl sites for hydroxylation is 1. The largest absolute Gasteiger partial charge is 0.409 e. The summed E-state index contributed by atoms with van der Waals surface area (Å²) in [6.45, 7) is 4.14. The molecule has 4 N–H and O–H groups in total. The van der Waals surface area contributed by atoms with Crippen LogP contribution in [0.4, 0.5) is 5.82 Å². The van der Waals surface area contributed by atoms with E-state index in [1.165, 1.54) is 15.2 Å². The van der Waals surface area contributed by atoms with E-state index in [1.54, 1.807) is 20.9 Å². The van der Waals surface area contributed by atoms with Crippen LogP contribution in [-0.2, 0) is 17.3 Å². The lowest BCUT2D eigenvalue weighted by Crippen LogP contribution is -2.36. The third kappa shape index (κ3) is 3.15. The summed E-state index contributed by atoms with van der Waals surface area (Å²) in [4.78, 5) is 0. The molecule has 1 heterocycles. The summed E-state index contributed by atoms with van der Waals surface area (Å²) < 4.78 is 29.1. The monoisotopic (exact) mass is 290 g/mol. The van der Waals surface area contributed by atoms with Gasteiger partial charge in [-0.15, -0.1) is 0 Å². The third-order valence-corrected chi connectivity index (χ3v) is 4.24. The summed E-state index contributed by atoms with van der Waals surface area (Å²) in [7, 11) is -2.15. The van der Waals surface area contributed by atoms with E-state index < -0.39 is 10.2 Å². The van der Waals surface area contributed by atoms with E-state index in [2.05, 4.69) is 15.0 Å². The topological polar surface area (TPSA) is 126 Å². The average Bonchev–Trinajstić information content (AvgIpc) is 2.71. The molecule has 0 amide bonds. The van der Waals surface area contributed by atoms with Crippen LogP contribution in [0.3, 0.4) is 0 Å². The number of rotatable bonds is 6. The Kier molecular flexibility index (Phi) is 4.72. The zero-order valence-electron chi connectivity index (χ0n) is 11.0. The van der Waals surface area contributed by atoms with Crippen molar-refractivity contribution in [2.45, 2.75) is 13.8 Å². The second-order valence-electron chi connectivity index (χ2n) is 3.71. The van der Waals surface area contributed by atoms with Crippen molar-refractivity contribution < 1.29 is 13.6 Å². The predicted octanol–water partition coefficient (Wildman–Crippen LogP) is -0.487. The van der Waals surface area contributed by atoms with E-state index in [9.17, 15) is 8.42 Å². The zero-order valence-corrected chi connectivity index (χ0v) is 11.8. The molecular formula is C9H18N6O3S. The standard InChI is InChI=1S/C9H18N6O3S/c1-4-15(5-2)19(17,18)13-9-7(8(10)12-16)6-11-14(9)3/h6,13,16H,4-5H2,1-3H3,(H2,10,12). The van der Waals surface area contributed by atoms with Crippen LogP contribution in [-0.4, -0.2) is 46.6 Å². The van der Waals surface area contributed by atoms with Gasteiger partial charge >= 0.3 is 10.2 Å². The molecule has 0 saturated carbocycles. The minimum Gasteiger partial charge on any atom is -0.409 e. The van der Waals surface area contributed by atoms with Gasteiger partial charge in [-0.25, -0.2) is 0 Å². The quantitative estimate of drug-likeness (QED) is 0.282. The van der Waals surface area contributed by atoms with Gasteiger partial charge in [0.15, 0.2) is 5.84 Å². The summed E-state index contributed by atoms with van der Waals surface area (Å²) in [5, 5.41) is 15.4. The Bertz CT molecular complexity index is 561. The molecule has 0 atom stereocenters. The van der Waals surface area contributed by atoms with E-state index in [0.717, 1.165) is 0 Å². The molecule has 1 aromatic heterocycles. The van der Waals surface area contributed by atoms with Crippen molar-refractivity contribution in [2.75, 3.05) is 17.8 Å². The average molecular weight is 290 g/mol. The fourth-order valence-electron chi connectivity index (χ4n) is 1.55. The van der Waals surface area contributed by atoms with Gasteiger partial charge in [-0.05, 0) is 0 Å². The molecule has 0 unspecified atom stereocenters. The maximum atomic E-state index is 12.1. The van der Waals surface area contributed by atoms with Crippen molar-refractivity contribution in [3.05, 3.63) is 11.8 Å². The molecule has 0 aliphatic carbocycles. The Morgan fingerprint density at radius 3 is 2.63 bits per heavy atom. The van der Waals surface area contributed by atoms with Gasteiger partial charge in [-0.1, -0.05) is 19.0 Å². The first-order chi connectivity index (χ1) is 8.87. The van der Waals surface area contributed by atoms with Gasteiger partial charge in [0.25, 0.3) is 0 Å². The Hall–Kier alpha value is -1.81. The zero-order chi connectivity index (χ0) is 14.6. The molecule has 1 aromatic rings. The van der Waals surface area contributed by atoms with Crippen LogP contribution in [0.1, 0.15) is 19.4 Å². The lowest BCUT2D eigenvalue weighted by molar-refractivity contribution is 0.318. The predicted molar refractivity (Wildman–Crippen MR) is 71.2 cm³/mol. The Morgan fingerprint density at radius 2 is 2.16 bits per heavy atom. The highest BCUT2D eigenvalue weighted by Gasteiger charge is 2.23. The molecule has 0 aliphatic rings. The fourth-order valence-corrected chi connectivity index (χ4v) is 2.85. The normalized spacial score (nSPS) is 12.9.